The zero-order chi connectivity index (χ0) is 61.0. The molecule has 0 unspecified atom stereocenters. The van der Waals surface area contributed by atoms with Crippen LogP contribution in [0, 0.1) is 46.3 Å². The van der Waals surface area contributed by atoms with Crippen LogP contribution in [0.3, 0.4) is 0 Å². The largest absolute Gasteiger partial charge is 0.394 e. The number of ether oxygens (including phenoxy) is 11. The monoisotopic (exact) mass is 1210 g/mol. The van der Waals surface area contributed by atoms with Gasteiger partial charge in [-0.3, -0.25) is 0 Å². The fourth-order valence-corrected chi connectivity index (χ4v) is 16.9. The summed E-state index contributed by atoms with van der Waals surface area (Å²) in [6.45, 7) is 13.7. The van der Waals surface area contributed by atoms with Crippen molar-refractivity contribution < 1.29 is 134 Å². The number of aliphatic hydroxyl groups is 16. The predicted octanol–water partition coefficient (Wildman–Crippen LogP) is -4.16. The van der Waals surface area contributed by atoms with E-state index < -0.39 is 190 Å². The Bertz CT molecular complexity index is 2220. The van der Waals surface area contributed by atoms with E-state index >= 15 is 0 Å². The lowest BCUT2D eigenvalue weighted by atomic mass is 9.43. The molecule has 6 heterocycles. The first kappa shape index (κ1) is 65.6. The summed E-state index contributed by atoms with van der Waals surface area (Å²) in [5.74, 6) is -1.56. The molecule has 0 bridgehead atoms. The second-order valence-corrected chi connectivity index (χ2v) is 26.7. The highest BCUT2D eigenvalue weighted by molar-refractivity contribution is 5.17. The van der Waals surface area contributed by atoms with Gasteiger partial charge in [0.2, 0.25) is 0 Å². The Labute approximate surface area is 487 Å². The molecule has 4 aliphatic carbocycles. The molecule has 0 aromatic heterocycles. The molecule has 6 aliphatic heterocycles. The van der Waals surface area contributed by atoms with Crippen molar-refractivity contribution in [3.63, 3.8) is 0 Å². The van der Waals surface area contributed by atoms with Crippen molar-refractivity contribution in [3.05, 3.63) is 12.2 Å². The minimum atomic E-state index is -1.77. The van der Waals surface area contributed by atoms with Gasteiger partial charge in [0.1, 0.15) is 104 Å². The van der Waals surface area contributed by atoms with Crippen molar-refractivity contribution in [3.8, 4) is 0 Å². The van der Waals surface area contributed by atoms with E-state index in [9.17, 15) is 81.7 Å². The van der Waals surface area contributed by atoms with Gasteiger partial charge in [-0.25, -0.2) is 0 Å². The molecule has 4 saturated carbocycles. The Balaban J connectivity index is 0.844. The van der Waals surface area contributed by atoms with E-state index in [-0.39, 0.29) is 66.5 Å². The number of rotatable bonds is 16. The number of aliphatic hydroxyl groups excluding tert-OH is 15. The van der Waals surface area contributed by atoms with E-state index in [1.165, 1.54) is 13.8 Å². The maximum absolute atomic E-state index is 12.3. The van der Waals surface area contributed by atoms with Crippen molar-refractivity contribution in [2.75, 3.05) is 19.8 Å². The van der Waals surface area contributed by atoms with Gasteiger partial charge in [-0.2, -0.15) is 0 Å². The maximum atomic E-state index is 12.3. The third kappa shape index (κ3) is 11.6. The third-order valence-corrected chi connectivity index (χ3v) is 21.9. The molecule has 10 fully saturated rings. The van der Waals surface area contributed by atoms with Gasteiger partial charge >= 0.3 is 0 Å². The van der Waals surface area contributed by atoms with E-state index in [1.54, 1.807) is 6.92 Å². The van der Waals surface area contributed by atoms with Gasteiger partial charge in [0.05, 0.1) is 56.4 Å². The van der Waals surface area contributed by atoms with Crippen molar-refractivity contribution in [2.24, 2.45) is 46.3 Å². The molecule has 27 heteroatoms. The Morgan fingerprint density at radius 2 is 1.05 bits per heavy atom. The number of hydrogen-bond acceptors (Lipinski definition) is 27. The Morgan fingerprint density at radius 3 is 1.67 bits per heavy atom. The second kappa shape index (κ2) is 25.4. The van der Waals surface area contributed by atoms with E-state index in [0.717, 1.165) is 19.3 Å². The van der Waals surface area contributed by atoms with Crippen LogP contribution in [0.5, 0.6) is 0 Å². The second-order valence-electron chi connectivity index (χ2n) is 26.7. The topological polar surface area (TPSA) is 425 Å². The minimum Gasteiger partial charge on any atom is -0.394 e. The van der Waals surface area contributed by atoms with Crippen molar-refractivity contribution in [1.82, 2.24) is 0 Å². The highest BCUT2D eigenvalue weighted by Gasteiger charge is 2.70. The summed E-state index contributed by atoms with van der Waals surface area (Å²) in [6, 6.07) is 0. The smallest absolute Gasteiger partial charge is 0.187 e. The lowest BCUT2D eigenvalue weighted by molar-refractivity contribution is -0.372. The summed E-state index contributed by atoms with van der Waals surface area (Å²) in [5.41, 5.74) is -0.328. The molecule has 27 nitrogen and oxygen atoms in total. The Hall–Kier alpha value is -1.34. The summed E-state index contributed by atoms with van der Waals surface area (Å²) >= 11 is 0. The number of hydrogen-bond donors (Lipinski definition) is 16. The molecular weight excluding hydrogens is 1120 g/mol. The molecule has 0 aromatic rings. The maximum Gasteiger partial charge on any atom is 0.187 e. The van der Waals surface area contributed by atoms with Gasteiger partial charge in [0.15, 0.2) is 37.2 Å². The fraction of sp³-hybridized carbons (Fsp3) is 0.965. The lowest BCUT2D eigenvalue weighted by Crippen LogP contribution is -2.66. The summed E-state index contributed by atoms with van der Waals surface area (Å²) in [5, 5.41) is 173. The van der Waals surface area contributed by atoms with Gasteiger partial charge in [0, 0.05) is 18.8 Å². The van der Waals surface area contributed by atoms with Crippen LogP contribution in [0.4, 0.5) is 0 Å². The molecule has 0 aromatic carbocycles. The lowest BCUT2D eigenvalue weighted by Gasteiger charge is -2.63. The first-order chi connectivity index (χ1) is 39.6. The Morgan fingerprint density at radius 1 is 0.524 bits per heavy atom. The molecule has 10 aliphatic rings. The first-order valence-corrected chi connectivity index (χ1v) is 30.2. The van der Waals surface area contributed by atoms with Crippen LogP contribution in [-0.4, -0.2) is 279 Å². The molecule has 10 rings (SSSR count). The zero-order valence-corrected chi connectivity index (χ0v) is 48.5. The molecule has 0 spiro atoms. The summed E-state index contributed by atoms with van der Waals surface area (Å²) in [6.07, 6.45) is -33.7. The summed E-state index contributed by atoms with van der Waals surface area (Å²) in [4.78, 5) is 0. The highest BCUT2D eigenvalue weighted by atomic mass is 16.8. The van der Waals surface area contributed by atoms with Crippen LogP contribution in [0.25, 0.3) is 0 Å². The molecule has 484 valence electrons. The third-order valence-electron chi connectivity index (χ3n) is 21.9. The summed E-state index contributed by atoms with van der Waals surface area (Å²) < 4.78 is 67.1. The molecule has 84 heavy (non-hydrogen) atoms. The van der Waals surface area contributed by atoms with Gasteiger partial charge < -0.3 is 134 Å². The average molecular weight is 1210 g/mol. The van der Waals surface area contributed by atoms with Crippen molar-refractivity contribution >= 4 is 0 Å². The van der Waals surface area contributed by atoms with Gasteiger partial charge in [-0.15, -0.1) is 0 Å². The van der Waals surface area contributed by atoms with Crippen LogP contribution in [-0.2, 0) is 52.1 Å². The summed E-state index contributed by atoms with van der Waals surface area (Å²) in [7, 11) is 0. The van der Waals surface area contributed by atoms with Gasteiger partial charge in [-0.05, 0) is 106 Å². The number of fused-ring (bicyclic) bond motifs is 7. The standard InChI is InChI=1S/C57H94O27/c1-20(19-74-50-43(68)40(65)37(62)31(17-58)79-50)10-13-57(73)21(2)34-30(84-57)16-29-27-9-8-25-14-26(78-54-47(72)42(67)49(32(18-59)80-54)83-53-45(70)39(64)36(61)23(4)76-53)15-33(56(25,7)28(27)11-12-55(29,34)6)81-51-46(71)41(66)48(24(5)77-51)82-52-44(69)38(63)35(60)22(3)75-52/h21-54,58-73H,1,8-19H2,2-7H3/t21-,22-,23-,24-,25-,26+,27-,28+,29-,30-,31-,32-,33-,34-,35-,36-,37-,38+,39+,40+,41-,42-,43-,44-,45-,46-,47-,48-,49-,50-,51+,52+,53+,54-,55+,56+,57+/m0/s1. The average Bonchev–Trinajstić information content (AvgIpc) is 1.55. The van der Waals surface area contributed by atoms with Gasteiger partial charge in [0.25, 0.3) is 0 Å². The molecule has 6 saturated heterocycles. The SMILES string of the molecule is C=C(CC[C@@]1(O)O[C@H]2C[C@H]3[C@H]4CC[C@H]5C[C@@H](O[C@H]6O[C@@H](CO)[C@H](O[C@H]7O[C@@H](C)[C@H](O)[C@@H](O)[C@@H]7O)[C@@H](O)[C@@H]6O)C[C@H](O[C@H]6O[C@@H](C)[C@H](O[C@H]7O[C@@H](C)[C@H](O)[C@@H](O)[C@@H]7O)[C@@H](O)[C@@H]6O)[C@@]5(C)[C@@H]4CC[C@@]3(C)[C@H]2[C@@H]1C)CO[C@H]1O[C@@H](CO)[C@H](O)[C@@H](O)[C@@H]1O. The van der Waals surface area contributed by atoms with Crippen LogP contribution < -0.4 is 0 Å². The van der Waals surface area contributed by atoms with E-state index in [2.05, 4.69) is 20.4 Å². The molecular formula is C57H94O27. The normalized spacial score (nSPS) is 56.7. The molecule has 37 atom stereocenters. The minimum absolute atomic E-state index is 0.0114. The van der Waals surface area contributed by atoms with E-state index in [4.69, 9.17) is 52.1 Å². The Kier molecular flexibility index (Phi) is 19.8. The molecule has 16 N–H and O–H groups in total. The fourth-order valence-electron chi connectivity index (χ4n) is 16.9. The van der Waals surface area contributed by atoms with Crippen LogP contribution in [0.2, 0.25) is 0 Å². The van der Waals surface area contributed by atoms with E-state index in [0.29, 0.717) is 31.3 Å². The van der Waals surface area contributed by atoms with E-state index in [1.807, 2.05) is 6.92 Å². The van der Waals surface area contributed by atoms with Crippen LogP contribution in [0.1, 0.15) is 99.3 Å². The van der Waals surface area contributed by atoms with Crippen molar-refractivity contribution in [1.29, 1.82) is 0 Å². The van der Waals surface area contributed by atoms with Crippen LogP contribution >= 0.6 is 0 Å². The predicted molar refractivity (Wildman–Crippen MR) is 281 cm³/mol. The molecule has 0 radical (unpaired) electrons. The highest BCUT2D eigenvalue weighted by Crippen LogP contribution is 2.71. The quantitative estimate of drug-likeness (QED) is 0.0515. The zero-order valence-electron chi connectivity index (χ0n) is 48.5. The van der Waals surface area contributed by atoms with Crippen molar-refractivity contribution in [2.45, 2.75) is 277 Å². The van der Waals surface area contributed by atoms with Gasteiger partial charge in [-0.1, -0.05) is 32.9 Å². The van der Waals surface area contributed by atoms with Crippen LogP contribution in [0.15, 0.2) is 12.2 Å². The first-order valence-electron chi connectivity index (χ1n) is 30.2. The molecule has 0 amide bonds.